The average molecular weight is 544 g/mol. The number of amides is 2. The number of nitrogens with zero attached hydrogens (tertiary/aromatic N) is 1. The van der Waals surface area contributed by atoms with Crippen molar-refractivity contribution in [2.45, 2.75) is 19.8 Å². The van der Waals surface area contributed by atoms with Crippen molar-refractivity contribution in [2.24, 2.45) is 17.8 Å². The molecule has 0 aromatic heterocycles. The van der Waals surface area contributed by atoms with Crippen LogP contribution in [0.25, 0.3) is 16.3 Å². The maximum atomic E-state index is 14.3. The molecule has 1 aliphatic carbocycles. The van der Waals surface area contributed by atoms with Gasteiger partial charge in [-0.1, -0.05) is 60.7 Å². The van der Waals surface area contributed by atoms with Crippen molar-refractivity contribution in [1.29, 1.82) is 0 Å². The minimum atomic E-state index is -0.912. The fourth-order valence-electron chi connectivity index (χ4n) is 6.93. The molecule has 4 aliphatic rings. The van der Waals surface area contributed by atoms with E-state index in [1.165, 1.54) is 4.90 Å². The summed E-state index contributed by atoms with van der Waals surface area (Å²) in [4.78, 5) is 43.7. The SMILES string of the molecule is Cc1ccc(C)c(N2C(=O)[C@@H]3[C@@H]4C(=O)Oc5c(ccc6ccccc56)C4=C[C@@H](c4ccc5c(c4)OCO5)[C@H]3C2=O)c1. The standard InChI is InChI=1S/C34H25NO6/c1-17-7-8-18(2)25(13-17)35-32(36)28-23(20-10-12-26-27(14-20)40-16-39-26)15-24-22-11-9-19-5-3-4-6-21(19)31(22)41-34(38)29(24)30(28)33(35)37/h3-15,23,28-30H,16H2,1-2H3/t23-,28+,29+,30-/m0/s1. The molecule has 4 atom stereocenters. The van der Waals surface area contributed by atoms with Gasteiger partial charge in [0.05, 0.1) is 23.4 Å². The van der Waals surface area contributed by atoms with Crippen molar-refractivity contribution in [2.75, 3.05) is 11.7 Å². The largest absolute Gasteiger partial charge is 0.454 e. The first-order chi connectivity index (χ1) is 19.9. The summed E-state index contributed by atoms with van der Waals surface area (Å²) in [6.45, 7) is 3.94. The van der Waals surface area contributed by atoms with E-state index in [-0.39, 0.29) is 18.6 Å². The second-order valence-corrected chi connectivity index (χ2v) is 11.2. The Morgan fingerprint density at radius 3 is 2.49 bits per heavy atom. The van der Waals surface area contributed by atoms with Crippen molar-refractivity contribution in [3.63, 3.8) is 0 Å². The lowest BCUT2D eigenvalue weighted by atomic mass is 9.64. The van der Waals surface area contributed by atoms with Crippen molar-refractivity contribution >= 4 is 39.8 Å². The van der Waals surface area contributed by atoms with Crippen LogP contribution in [-0.2, 0) is 14.4 Å². The lowest BCUT2D eigenvalue weighted by molar-refractivity contribution is -0.142. The molecule has 1 fully saturated rings. The van der Waals surface area contributed by atoms with E-state index >= 15 is 0 Å². The third-order valence-corrected chi connectivity index (χ3v) is 8.87. The van der Waals surface area contributed by atoms with Crippen LogP contribution in [0.15, 0.2) is 78.9 Å². The van der Waals surface area contributed by atoms with Gasteiger partial charge in [-0.25, -0.2) is 4.90 Å². The molecule has 3 heterocycles. The zero-order valence-corrected chi connectivity index (χ0v) is 22.4. The Morgan fingerprint density at radius 1 is 0.805 bits per heavy atom. The highest BCUT2D eigenvalue weighted by molar-refractivity contribution is 6.25. The van der Waals surface area contributed by atoms with E-state index in [4.69, 9.17) is 14.2 Å². The van der Waals surface area contributed by atoms with Crippen molar-refractivity contribution in [3.8, 4) is 17.2 Å². The first-order valence-corrected chi connectivity index (χ1v) is 13.7. The minimum Gasteiger partial charge on any atom is -0.454 e. The van der Waals surface area contributed by atoms with E-state index in [9.17, 15) is 14.4 Å². The van der Waals surface area contributed by atoms with Gasteiger partial charge in [0.1, 0.15) is 5.75 Å². The van der Waals surface area contributed by atoms with Crippen LogP contribution in [-0.4, -0.2) is 24.6 Å². The monoisotopic (exact) mass is 543 g/mol. The molecule has 202 valence electrons. The number of hydrogen-bond donors (Lipinski definition) is 0. The number of imide groups is 1. The normalized spacial score (nSPS) is 24.1. The number of ether oxygens (including phenoxy) is 3. The first kappa shape index (κ1) is 23.9. The molecule has 8 rings (SSSR count). The number of aryl methyl sites for hydroxylation is 2. The van der Waals surface area contributed by atoms with E-state index in [0.717, 1.165) is 38.6 Å². The zero-order chi connectivity index (χ0) is 28.0. The van der Waals surface area contributed by atoms with E-state index in [0.29, 0.717) is 22.9 Å². The number of fused-ring (bicyclic) bond motifs is 8. The summed E-state index contributed by atoms with van der Waals surface area (Å²) in [6.07, 6.45) is 2.00. The van der Waals surface area contributed by atoms with Crippen LogP contribution in [0.4, 0.5) is 5.69 Å². The van der Waals surface area contributed by atoms with Gasteiger partial charge in [-0.05, 0) is 59.7 Å². The second-order valence-electron chi connectivity index (χ2n) is 11.2. The number of esters is 1. The van der Waals surface area contributed by atoms with Gasteiger partial charge in [0.25, 0.3) is 0 Å². The van der Waals surface area contributed by atoms with E-state index in [1.54, 1.807) is 0 Å². The van der Waals surface area contributed by atoms with Gasteiger partial charge in [-0.15, -0.1) is 0 Å². The molecule has 4 aromatic carbocycles. The smallest absolute Gasteiger partial charge is 0.319 e. The van der Waals surface area contributed by atoms with Gasteiger partial charge in [0, 0.05) is 16.9 Å². The zero-order valence-electron chi connectivity index (χ0n) is 22.4. The fraction of sp³-hybridized carbons (Fsp3) is 0.206. The molecule has 0 spiro atoms. The quantitative estimate of drug-likeness (QED) is 0.183. The van der Waals surface area contributed by atoms with Crippen LogP contribution in [0.5, 0.6) is 17.2 Å². The molecule has 3 aliphatic heterocycles. The van der Waals surface area contributed by atoms with Crippen molar-refractivity contribution < 1.29 is 28.6 Å². The minimum absolute atomic E-state index is 0.128. The summed E-state index contributed by atoms with van der Waals surface area (Å²) in [6, 6.07) is 23.0. The predicted octanol–water partition coefficient (Wildman–Crippen LogP) is 5.71. The highest BCUT2D eigenvalue weighted by atomic mass is 16.7. The molecule has 7 heteroatoms. The third-order valence-electron chi connectivity index (χ3n) is 8.87. The molecule has 0 radical (unpaired) electrons. The number of carbonyl (C=O) groups excluding carboxylic acids is 3. The van der Waals surface area contributed by atoms with Gasteiger partial charge in [-0.3, -0.25) is 14.4 Å². The molecule has 1 saturated heterocycles. The maximum Gasteiger partial charge on any atom is 0.319 e. The van der Waals surface area contributed by atoms with Gasteiger partial charge in [-0.2, -0.15) is 0 Å². The molecular formula is C34H25NO6. The summed E-state index contributed by atoms with van der Waals surface area (Å²) in [5.41, 5.74) is 4.60. The highest BCUT2D eigenvalue weighted by Gasteiger charge is 2.60. The van der Waals surface area contributed by atoms with Crippen LogP contribution in [0, 0.1) is 31.6 Å². The Bertz CT molecular complexity index is 1870. The fourth-order valence-corrected chi connectivity index (χ4v) is 6.93. The first-order valence-electron chi connectivity index (χ1n) is 13.7. The summed E-state index contributed by atoms with van der Waals surface area (Å²) in [5, 5.41) is 1.78. The molecular weight excluding hydrogens is 518 g/mol. The van der Waals surface area contributed by atoms with E-state index < -0.39 is 29.6 Å². The molecule has 4 aromatic rings. The molecule has 41 heavy (non-hydrogen) atoms. The highest BCUT2D eigenvalue weighted by Crippen LogP contribution is 2.56. The lowest BCUT2D eigenvalue weighted by Crippen LogP contribution is -2.42. The summed E-state index contributed by atoms with van der Waals surface area (Å²) in [7, 11) is 0. The molecule has 0 saturated carbocycles. The maximum absolute atomic E-state index is 14.3. The Labute approximate surface area is 235 Å². The number of carbonyl (C=O) groups is 3. The number of anilines is 1. The third kappa shape index (κ3) is 3.35. The van der Waals surface area contributed by atoms with Gasteiger partial charge in [0.15, 0.2) is 11.5 Å². The average Bonchev–Trinajstić information content (AvgIpc) is 3.55. The molecule has 7 nitrogen and oxygen atoms in total. The van der Waals surface area contributed by atoms with Crippen molar-refractivity contribution in [1.82, 2.24) is 0 Å². The van der Waals surface area contributed by atoms with Gasteiger partial charge in [0.2, 0.25) is 18.6 Å². The molecule has 0 unspecified atom stereocenters. The van der Waals surface area contributed by atoms with Crippen molar-refractivity contribution in [3.05, 3.63) is 101 Å². The van der Waals surface area contributed by atoms with Crippen LogP contribution in [0.1, 0.15) is 28.2 Å². The number of rotatable bonds is 2. The molecule has 2 amide bonds. The van der Waals surface area contributed by atoms with Crippen LogP contribution >= 0.6 is 0 Å². The van der Waals surface area contributed by atoms with Gasteiger partial charge >= 0.3 is 5.97 Å². The Hall–Kier alpha value is -4.91. The Kier molecular flexibility index (Phi) is 4.99. The Morgan fingerprint density at radius 2 is 1.61 bits per heavy atom. The van der Waals surface area contributed by atoms with Crippen LogP contribution in [0.2, 0.25) is 0 Å². The Balaban J connectivity index is 1.35. The summed E-state index contributed by atoms with van der Waals surface area (Å²) in [5.74, 6) is -2.56. The predicted molar refractivity (Wildman–Crippen MR) is 152 cm³/mol. The number of benzene rings is 4. The molecule has 0 bridgehead atoms. The topological polar surface area (TPSA) is 82.1 Å². The lowest BCUT2D eigenvalue weighted by Gasteiger charge is -2.38. The number of hydrogen-bond acceptors (Lipinski definition) is 6. The number of allylic oxidation sites excluding steroid dienone is 1. The van der Waals surface area contributed by atoms with Crippen LogP contribution in [0.3, 0.4) is 0 Å². The second kappa shape index (κ2) is 8.54. The van der Waals surface area contributed by atoms with Crippen LogP contribution < -0.4 is 19.1 Å². The summed E-state index contributed by atoms with van der Waals surface area (Å²) >= 11 is 0. The van der Waals surface area contributed by atoms with E-state index in [2.05, 4.69) is 0 Å². The van der Waals surface area contributed by atoms with Gasteiger partial charge < -0.3 is 14.2 Å². The van der Waals surface area contributed by atoms with E-state index in [1.807, 2.05) is 92.7 Å². The molecule has 0 N–H and O–H groups in total. The summed E-state index contributed by atoms with van der Waals surface area (Å²) < 4.78 is 17.2.